The van der Waals surface area contributed by atoms with E-state index in [2.05, 4.69) is 13.5 Å². The average molecular weight is 216 g/mol. The van der Waals surface area contributed by atoms with Gasteiger partial charge in [0.25, 0.3) is 0 Å². The van der Waals surface area contributed by atoms with Crippen molar-refractivity contribution < 1.29 is 9.90 Å². The van der Waals surface area contributed by atoms with Crippen LogP contribution >= 0.6 is 0 Å². The predicted octanol–water partition coefficient (Wildman–Crippen LogP) is 3.38. The summed E-state index contributed by atoms with van der Waals surface area (Å²) in [5.41, 5.74) is 3.44. The molecule has 1 aromatic rings. The Kier molecular flexibility index (Phi) is 4.06. The van der Waals surface area contributed by atoms with Crippen LogP contribution in [-0.4, -0.2) is 11.1 Å². The van der Waals surface area contributed by atoms with Crippen LogP contribution in [0.1, 0.15) is 30.5 Å². The first kappa shape index (κ1) is 12.2. The lowest BCUT2D eigenvalue weighted by atomic mass is 9.98. The van der Waals surface area contributed by atoms with Gasteiger partial charge in [-0.2, -0.15) is 0 Å². The van der Waals surface area contributed by atoms with Gasteiger partial charge in [0.2, 0.25) is 0 Å². The molecule has 0 aliphatic carbocycles. The first-order valence-corrected chi connectivity index (χ1v) is 5.26. The van der Waals surface area contributed by atoms with E-state index in [0.717, 1.165) is 17.5 Å². The Morgan fingerprint density at radius 1 is 1.50 bits per heavy atom. The number of hydrogen-bond donors (Lipinski definition) is 1. The van der Waals surface area contributed by atoms with Gasteiger partial charge in [-0.25, -0.2) is 4.79 Å². The topological polar surface area (TPSA) is 37.3 Å². The lowest BCUT2D eigenvalue weighted by Gasteiger charge is -2.07. The molecule has 0 aliphatic rings. The van der Waals surface area contributed by atoms with Crippen molar-refractivity contribution in [2.45, 2.75) is 20.3 Å². The second-order valence-electron chi connectivity index (χ2n) is 3.61. The highest BCUT2D eigenvalue weighted by Crippen LogP contribution is 2.19. The molecular formula is C14H16O2. The van der Waals surface area contributed by atoms with Crippen LogP contribution in [-0.2, 0) is 11.2 Å². The van der Waals surface area contributed by atoms with Gasteiger partial charge in [-0.15, -0.1) is 0 Å². The van der Waals surface area contributed by atoms with Crippen LogP contribution in [0.4, 0.5) is 0 Å². The van der Waals surface area contributed by atoms with E-state index >= 15 is 0 Å². The number of carboxylic acids is 1. The van der Waals surface area contributed by atoms with Crippen LogP contribution in [0.3, 0.4) is 0 Å². The highest BCUT2D eigenvalue weighted by atomic mass is 16.4. The molecule has 0 saturated heterocycles. The molecule has 0 spiro atoms. The Labute approximate surface area is 95.9 Å². The highest BCUT2D eigenvalue weighted by Gasteiger charge is 2.05. The van der Waals surface area contributed by atoms with E-state index in [1.54, 1.807) is 19.1 Å². The number of rotatable bonds is 4. The molecule has 1 N–H and O–H groups in total. The van der Waals surface area contributed by atoms with Gasteiger partial charge < -0.3 is 5.11 Å². The van der Waals surface area contributed by atoms with E-state index in [-0.39, 0.29) is 0 Å². The molecule has 0 unspecified atom stereocenters. The molecule has 0 atom stereocenters. The molecule has 84 valence electrons. The number of benzene rings is 1. The van der Waals surface area contributed by atoms with Crippen molar-refractivity contribution in [1.82, 2.24) is 0 Å². The summed E-state index contributed by atoms with van der Waals surface area (Å²) in [6.07, 6.45) is 4.37. The van der Waals surface area contributed by atoms with E-state index in [1.807, 2.05) is 18.2 Å². The first-order valence-electron chi connectivity index (χ1n) is 5.26. The van der Waals surface area contributed by atoms with Crippen LogP contribution in [0, 0.1) is 0 Å². The maximum atomic E-state index is 10.8. The van der Waals surface area contributed by atoms with Crippen LogP contribution in [0.25, 0.3) is 12.2 Å². The van der Waals surface area contributed by atoms with Crippen molar-refractivity contribution in [2.75, 3.05) is 0 Å². The summed E-state index contributed by atoms with van der Waals surface area (Å²) in [4.78, 5) is 10.8. The zero-order valence-electron chi connectivity index (χ0n) is 9.66. The summed E-state index contributed by atoms with van der Waals surface area (Å²) in [6.45, 7) is 7.44. The van der Waals surface area contributed by atoms with Gasteiger partial charge in [-0.1, -0.05) is 37.8 Å². The molecule has 1 aromatic carbocycles. The summed E-state index contributed by atoms with van der Waals surface area (Å²) < 4.78 is 0. The second-order valence-corrected chi connectivity index (χ2v) is 3.61. The zero-order valence-corrected chi connectivity index (χ0v) is 9.66. The molecule has 0 aromatic heterocycles. The molecule has 0 amide bonds. The summed E-state index contributed by atoms with van der Waals surface area (Å²) in [5.74, 6) is -0.892. The van der Waals surface area contributed by atoms with E-state index in [0.29, 0.717) is 5.57 Å². The molecule has 0 heterocycles. The van der Waals surface area contributed by atoms with Crippen molar-refractivity contribution in [3.63, 3.8) is 0 Å². The number of carbonyl (C=O) groups is 1. The lowest BCUT2D eigenvalue weighted by molar-refractivity contribution is -0.132. The van der Waals surface area contributed by atoms with Crippen LogP contribution < -0.4 is 0 Å². The number of aliphatic carboxylic acids is 1. The third-order valence-electron chi connectivity index (χ3n) is 2.52. The molecular weight excluding hydrogens is 200 g/mol. The lowest BCUT2D eigenvalue weighted by Crippen LogP contribution is -1.97. The van der Waals surface area contributed by atoms with Gasteiger partial charge in [-0.3, -0.25) is 0 Å². The van der Waals surface area contributed by atoms with Crippen LogP contribution in [0.2, 0.25) is 0 Å². The molecule has 2 heteroatoms. The highest BCUT2D eigenvalue weighted by molar-refractivity contribution is 5.92. The first-order chi connectivity index (χ1) is 7.60. The molecule has 0 bridgehead atoms. The third-order valence-corrected chi connectivity index (χ3v) is 2.52. The van der Waals surface area contributed by atoms with E-state index < -0.39 is 5.97 Å². The molecule has 16 heavy (non-hydrogen) atoms. The predicted molar refractivity (Wildman–Crippen MR) is 67.2 cm³/mol. The van der Waals surface area contributed by atoms with Gasteiger partial charge >= 0.3 is 5.97 Å². The summed E-state index contributed by atoms with van der Waals surface area (Å²) in [6, 6.07) is 5.87. The van der Waals surface area contributed by atoms with E-state index in [4.69, 9.17) is 5.11 Å². The largest absolute Gasteiger partial charge is 0.478 e. The Morgan fingerprint density at radius 2 is 2.19 bits per heavy atom. The summed E-state index contributed by atoms with van der Waals surface area (Å²) in [5, 5.41) is 8.84. The Morgan fingerprint density at radius 3 is 2.69 bits per heavy atom. The SMILES string of the molecule is C=Cc1c(C=C(C)C(=O)O)cccc1CC. The number of hydrogen-bond acceptors (Lipinski definition) is 1. The average Bonchev–Trinajstić information content (AvgIpc) is 2.28. The fourth-order valence-electron chi connectivity index (χ4n) is 1.61. The Hall–Kier alpha value is -1.83. The second kappa shape index (κ2) is 5.31. The third kappa shape index (κ3) is 2.60. The zero-order chi connectivity index (χ0) is 12.1. The van der Waals surface area contributed by atoms with Gasteiger partial charge in [0.15, 0.2) is 0 Å². The van der Waals surface area contributed by atoms with Crippen molar-refractivity contribution in [3.8, 4) is 0 Å². The van der Waals surface area contributed by atoms with Gasteiger partial charge in [0, 0.05) is 5.57 Å². The van der Waals surface area contributed by atoms with Crippen molar-refractivity contribution in [2.24, 2.45) is 0 Å². The minimum absolute atomic E-state index is 0.330. The van der Waals surface area contributed by atoms with Crippen LogP contribution in [0.15, 0.2) is 30.4 Å². The molecule has 1 rings (SSSR count). The quantitative estimate of drug-likeness (QED) is 0.783. The van der Waals surface area contributed by atoms with Crippen molar-refractivity contribution in [3.05, 3.63) is 47.0 Å². The fraction of sp³-hybridized carbons (Fsp3) is 0.214. The van der Waals surface area contributed by atoms with Crippen LogP contribution in [0.5, 0.6) is 0 Å². The molecule has 2 nitrogen and oxygen atoms in total. The standard InChI is InChI=1S/C14H16O2/c1-4-11-7-6-8-12(13(11)5-2)9-10(3)14(15)16/h5-9H,2,4H2,1,3H3,(H,15,16). The van der Waals surface area contributed by atoms with Gasteiger partial charge in [-0.05, 0) is 36.1 Å². The maximum Gasteiger partial charge on any atom is 0.331 e. The molecule has 0 saturated carbocycles. The Balaban J connectivity index is 3.29. The maximum absolute atomic E-state index is 10.8. The molecule has 0 aliphatic heterocycles. The Bertz CT molecular complexity index is 442. The minimum Gasteiger partial charge on any atom is -0.478 e. The molecule has 0 radical (unpaired) electrons. The van der Waals surface area contributed by atoms with Crippen molar-refractivity contribution in [1.29, 1.82) is 0 Å². The normalized spacial score (nSPS) is 11.2. The van der Waals surface area contributed by atoms with Gasteiger partial charge in [0.05, 0.1) is 0 Å². The van der Waals surface area contributed by atoms with E-state index in [9.17, 15) is 4.79 Å². The van der Waals surface area contributed by atoms with Crippen molar-refractivity contribution >= 4 is 18.1 Å². The molecule has 0 fully saturated rings. The summed E-state index contributed by atoms with van der Waals surface area (Å²) in [7, 11) is 0. The fourth-order valence-corrected chi connectivity index (χ4v) is 1.61. The van der Waals surface area contributed by atoms with Gasteiger partial charge in [0.1, 0.15) is 0 Å². The monoisotopic (exact) mass is 216 g/mol. The summed E-state index contributed by atoms with van der Waals surface area (Å²) >= 11 is 0. The number of aryl methyl sites for hydroxylation is 1. The van der Waals surface area contributed by atoms with E-state index in [1.165, 1.54) is 5.56 Å². The number of carboxylic acid groups (broad SMARTS) is 1. The smallest absolute Gasteiger partial charge is 0.331 e. The minimum atomic E-state index is -0.892.